The quantitative estimate of drug-likeness (QED) is 0.576. The van der Waals surface area contributed by atoms with Crippen molar-refractivity contribution in [1.29, 1.82) is 0 Å². The summed E-state index contributed by atoms with van der Waals surface area (Å²) in [5.41, 5.74) is -0.490. The number of hydrogen-bond acceptors (Lipinski definition) is 2. The Morgan fingerprint density at radius 1 is 1.38 bits per heavy atom. The lowest BCUT2D eigenvalue weighted by molar-refractivity contribution is -0.140. The number of carbonyl (C=O) groups is 2. The third-order valence-electron chi connectivity index (χ3n) is 3.17. The van der Waals surface area contributed by atoms with Crippen molar-refractivity contribution in [2.45, 2.75) is 40.0 Å². The van der Waals surface area contributed by atoms with Crippen molar-refractivity contribution >= 4 is 27.7 Å². The zero-order valence-corrected chi connectivity index (χ0v) is 11.8. The number of likely N-dealkylation sites (tertiary alicyclic amines) is 1. The van der Waals surface area contributed by atoms with Crippen LogP contribution in [0.4, 0.5) is 0 Å². The zero-order valence-electron chi connectivity index (χ0n) is 10.3. The standard InChI is InChI=1S/C12H20BrNO2/c1-9(4-6-13)5-7-14-10(15)8-12(2,3)11(14)16/h9H,4-8H2,1-3H3. The second-order valence-corrected chi connectivity index (χ2v) is 6.08. The average Bonchev–Trinajstić information content (AvgIpc) is 2.35. The largest absolute Gasteiger partial charge is 0.282 e. The highest BCUT2D eigenvalue weighted by atomic mass is 79.9. The van der Waals surface area contributed by atoms with Gasteiger partial charge in [-0.1, -0.05) is 36.7 Å². The van der Waals surface area contributed by atoms with E-state index < -0.39 is 5.41 Å². The molecule has 1 saturated heterocycles. The van der Waals surface area contributed by atoms with Crippen LogP contribution in [0.2, 0.25) is 0 Å². The number of nitrogens with zero attached hydrogens (tertiary/aromatic N) is 1. The molecule has 0 bridgehead atoms. The highest BCUT2D eigenvalue weighted by Crippen LogP contribution is 2.31. The van der Waals surface area contributed by atoms with E-state index in [-0.39, 0.29) is 11.8 Å². The van der Waals surface area contributed by atoms with E-state index >= 15 is 0 Å². The van der Waals surface area contributed by atoms with E-state index in [0.29, 0.717) is 18.9 Å². The summed E-state index contributed by atoms with van der Waals surface area (Å²) in [6.07, 6.45) is 2.34. The Bertz CT molecular complexity index is 289. The topological polar surface area (TPSA) is 37.4 Å². The van der Waals surface area contributed by atoms with Gasteiger partial charge in [-0.2, -0.15) is 0 Å². The van der Waals surface area contributed by atoms with Crippen molar-refractivity contribution < 1.29 is 9.59 Å². The molecular weight excluding hydrogens is 270 g/mol. The number of alkyl halides is 1. The van der Waals surface area contributed by atoms with Crippen molar-refractivity contribution in [2.75, 3.05) is 11.9 Å². The molecule has 3 nitrogen and oxygen atoms in total. The van der Waals surface area contributed by atoms with Crippen LogP contribution in [0.1, 0.15) is 40.0 Å². The first-order valence-electron chi connectivity index (χ1n) is 5.79. The predicted octanol–water partition coefficient (Wildman–Crippen LogP) is 2.58. The zero-order chi connectivity index (χ0) is 12.3. The van der Waals surface area contributed by atoms with E-state index in [1.54, 1.807) is 0 Å². The smallest absolute Gasteiger partial charge is 0.235 e. The Kier molecular flexibility index (Phi) is 4.53. The minimum Gasteiger partial charge on any atom is -0.282 e. The summed E-state index contributed by atoms with van der Waals surface area (Å²) in [6.45, 7) is 6.41. The molecule has 1 heterocycles. The maximum absolute atomic E-state index is 11.9. The van der Waals surface area contributed by atoms with Crippen LogP contribution in [0.3, 0.4) is 0 Å². The fraction of sp³-hybridized carbons (Fsp3) is 0.833. The molecule has 16 heavy (non-hydrogen) atoms. The Labute approximate surface area is 106 Å². The van der Waals surface area contributed by atoms with Crippen LogP contribution in [0.5, 0.6) is 0 Å². The van der Waals surface area contributed by atoms with Gasteiger partial charge in [0, 0.05) is 18.3 Å². The Morgan fingerprint density at radius 3 is 2.44 bits per heavy atom. The molecule has 0 aromatic carbocycles. The summed E-state index contributed by atoms with van der Waals surface area (Å²) in [4.78, 5) is 25.0. The molecular formula is C12H20BrNO2. The third kappa shape index (κ3) is 3.06. The molecule has 0 aromatic heterocycles. The molecule has 0 spiro atoms. The highest BCUT2D eigenvalue weighted by Gasteiger charge is 2.44. The van der Waals surface area contributed by atoms with Gasteiger partial charge in [-0.3, -0.25) is 14.5 Å². The van der Waals surface area contributed by atoms with Gasteiger partial charge in [-0.25, -0.2) is 0 Å². The molecule has 1 atom stereocenters. The summed E-state index contributed by atoms with van der Waals surface area (Å²) in [6, 6.07) is 0. The SMILES string of the molecule is CC(CCBr)CCN1C(=O)CC(C)(C)C1=O. The maximum atomic E-state index is 11.9. The summed E-state index contributed by atoms with van der Waals surface area (Å²) in [5, 5.41) is 0.974. The van der Waals surface area contributed by atoms with Crippen LogP contribution in [-0.4, -0.2) is 28.6 Å². The normalized spacial score (nSPS) is 21.6. The van der Waals surface area contributed by atoms with E-state index in [4.69, 9.17) is 0 Å². The van der Waals surface area contributed by atoms with E-state index in [1.165, 1.54) is 4.90 Å². The molecule has 4 heteroatoms. The van der Waals surface area contributed by atoms with Crippen LogP contribution < -0.4 is 0 Å². The van der Waals surface area contributed by atoms with Gasteiger partial charge >= 0.3 is 0 Å². The van der Waals surface area contributed by atoms with Crippen molar-refractivity contribution in [2.24, 2.45) is 11.3 Å². The predicted molar refractivity (Wildman–Crippen MR) is 67.3 cm³/mol. The molecule has 92 valence electrons. The Balaban J connectivity index is 2.49. The fourth-order valence-electron chi connectivity index (χ4n) is 1.93. The molecule has 1 aliphatic heterocycles. The van der Waals surface area contributed by atoms with Crippen LogP contribution in [0.25, 0.3) is 0 Å². The second-order valence-electron chi connectivity index (χ2n) is 5.28. The first-order valence-corrected chi connectivity index (χ1v) is 6.91. The lowest BCUT2D eigenvalue weighted by atomic mass is 9.92. The molecule has 1 unspecified atom stereocenters. The molecule has 0 N–H and O–H groups in total. The van der Waals surface area contributed by atoms with Gasteiger partial charge in [-0.05, 0) is 18.8 Å². The summed E-state index contributed by atoms with van der Waals surface area (Å²) in [7, 11) is 0. The van der Waals surface area contributed by atoms with E-state index in [2.05, 4.69) is 22.9 Å². The van der Waals surface area contributed by atoms with Gasteiger partial charge in [-0.15, -0.1) is 0 Å². The molecule has 0 saturated carbocycles. The minimum absolute atomic E-state index is 0.0106. The number of hydrogen-bond donors (Lipinski definition) is 0. The second kappa shape index (κ2) is 5.30. The third-order valence-corrected chi connectivity index (χ3v) is 3.62. The molecule has 1 aliphatic rings. The highest BCUT2D eigenvalue weighted by molar-refractivity contribution is 9.09. The Hall–Kier alpha value is -0.380. The molecule has 2 amide bonds. The van der Waals surface area contributed by atoms with Crippen molar-refractivity contribution in [3.63, 3.8) is 0 Å². The van der Waals surface area contributed by atoms with Crippen molar-refractivity contribution in [3.8, 4) is 0 Å². The minimum atomic E-state index is -0.490. The Morgan fingerprint density at radius 2 is 2.00 bits per heavy atom. The van der Waals surface area contributed by atoms with Crippen LogP contribution in [0, 0.1) is 11.3 Å². The van der Waals surface area contributed by atoms with E-state index in [0.717, 1.165) is 18.2 Å². The summed E-state index contributed by atoms with van der Waals surface area (Å²) < 4.78 is 0. The van der Waals surface area contributed by atoms with E-state index in [1.807, 2.05) is 13.8 Å². The van der Waals surface area contributed by atoms with Gasteiger partial charge in [0.15, 0.2) is 0 Å². The number of amides is 2. The lowest BCUT2D eigenvalue weighted by Gasteiger charge is -2.19. The first-order chi connectivity index (χ1) is 7.38. The van der Waals surface area contributed by atoms with Crippen LogP contribution in [0.15, 0.2) is 0 Å². The number of rotatable bonds is 5. The van der Waals surface area contributed by atoms with Gasteiger partial charge < -0.3 is 0 Å². The summed E-state index contributed by atoms with van der Waals surface area (Å²) in [5.74, 6) is 0.522. The van der Waals surface area contributed by atoms with Gasteiger partial charge in [0.25, 0.3) is 0 Å². The molecule has 0 aliphatic carbocycles. The first kappa shape index (κ1) is 13.7. The molecule has 1 rings (SSSR count). The van der Waals surface area contributed by atoms with Crippen molar-refractivity contribution in [1.82, 2.24) is 4.90 Å². The van der Waals surface area contributed by atoms with Crippen LogP contribution >= 0.6 is 15.9 Å². The maximum Gasteiger partial charge on any atom is 0.235 e. The van der Waals surface area contributed by atoms with E-state index in [9.17, 15) is 9.59 Å². The fourth-order valence-corrected chi connectivity index (χ4v) is 2.72. The van der Waals surface area contributed by atoms with Gasteiger partial charge in [0.2, 0.25) is 11.8 Å². The lowest BCUT2D eigenvalue weighted by Crippen LogP contribution is -2.34. The molecule has 0 radical (unpaired) electrons. The monoisotopic (exact) mass is 289 g/mol. The number of imide groups is 1. The van der Waals surface area contributed by atoms with Crippen molar-refractivity contribution in [3.05, 3.63) is 0 Å². The van der Waals surface area contributed by atoms with Gasteiger partial charge in [0.05, 0.1) is 5.41 Å². The van der Waals surface area contributed by atoms with Crippen LogP contribution in [-0.2, 0) is 9.59 Å². The van der Waals surface area contributed by atoms with Gasteiger partial charge in [0.1, 0.15) is 0 Å². The molecule has 0 aromatic rings. The number of carbonyl (C=O) groups excluding carboxylic acids is 2. The molecule has 1 fully saturated rings. The average molecular weight is 290 g/mol. The number of halogens is 1. The summed E-state index contributed by atoms with van der Waals surface area (Å²) >= 11 is 3.40.